The lowest BCUT2D eigenvalue weighted by Crippen LogP contribution is -2.66. The van der Waals surface area contributed by atoms with Crippen molar-refractivity contribution in [2.24, 2.45) is 5.92 Å². The van der Waals surface area contributed by atoms with Gasteiger partial charge in [0.1, 0.15) is 132 Å². The first kappa shape index (κ1) is 90.4. The molecule has 15 rings (SSSR count). The number of halogens is 2. The molecule has 0 aromatic heterocycles. The molecule has 0 spiro atoms. The number of fused-ring (bicyclic) bond motifs is 14. The number of hydrogen-bond donors (Lipinski definition) is 20. The van der Waals surface area contributed by atoms with Crippen molar-refractivity contribution in [3.63, 3.8) is 0 Å². The number of likely N-dealkylation sites (N-methyl/N-ethyl adjacent to an activating group) is 1. The number of benzene rings is 7. The first-order valence-corrected chi connectivity index (χ1v) is 40.5. The molecule has 40 heteroatoms. The highest BCUT2D eigenvalue weighted by Crippen LogP contribution is 2.51. The summed E-state index contributed by atoms with van der Waals surface area (Å²) in [5.41, 5.74) is -3.38. The maximum atomic E-state index is 16.7. The molecule has 7 aromatic rings. The fourth-order valence-electron chi connectivity index (χ4n) is 15.4. The van der Waals surface area contributed by atoms with E-state index < -0.39 is 277 Å². The largest absolute Gasteiger partial charge is 0.508 e. The van der Waals surface area contributed by atoms with Crippen LogP contribution in [0.3, 0.4) is 0 Å². The summed E-state index contributed by atoms with van der Waals surface area (Å²) < 4.78 is 49.3. The topological polar surface area (TPSA) is 584 Å². The summed E-state index contributed by atoms with van der Waals surface area (Å²) in [6.07, 6.45) is -16.6. The number of nitrogens with one attached hydrogen (secondary N) is 8. The van der Waals surface area contributed by atoms with Crippen molar-refractivity contribution < 1.29 is 147 Å². The number of aliphatic hydroxyl groups is 6. The standard InChI is InChI=1S/C85H90Cl2N8O30/c1-34(2)11-9-7-5-6-8-10-12-58(101)90-67-70(104)72(106)75(83(116)117)125-84(67)124-74-55-27-40-28-56(74)121-52-22-17-39(25-47(52)86)68(102)66-81(113)94-65(82(114)115)45-29-41(97)30-54(122-85-73(107)71(105)69(103)57(123-85)33-118-35(3)96)59(45)44-24-37(15-20-49(44)98)62(78(110)95-66)91-79(111)63(40)92-80(112)64-46-31-43(32-51(100)60(46)87)120-53-26-38(16-21-50(53)99)61(88-4)77(109)89-48(76(108)93-64)23-36-13-18-42(119-55)19-14-36/h13-22,24-32,34,48,57,61-73,75,84-85,88,97-100,102-107H,5-12,23,33H2,1-4H3,(H,89,109)(H,90,101)(H,91,111)(H,92,112)(H,93,108)(H,94,113)(H,95,110)(H,114,115)(H,116,117)/t48-,57+,61+,62-,63+,64-,65?,66?,67+,68-,69+,70+,71+,72+,73+,75-,84-,85+/m1/s1. The minimum atomic E-state index is -2.48. The number of hydrogen-bond acceptors (Lipinski definition) is 29. The van der Waals surface area contributed by atoms with Crippen molar-refractivity contribution >= 4 is 82.5 Å². The highest BCUT2D eigenvalue weighted by Gasteiger charge is 2.52. The Kier molecular flexibility index (Phi) is 27.8. The number of rotatable bonds is 19. The number of unbranched alkanes of at least 4 members (excludes halogenated alkanes) is 5. The van der Waals surface area contributed by atoms with Crippen molar-refractivity contribution in [3.8, 4) is 80.1 Å². The van der Waals surface area contributed by atoms with Gasteiger partial charge in [-0.05, 0) is 120 Å². The Labute approximate surface area is 720 Å². The molecule has 664 valence electrons. The van der Waals surface area contributed by atoms with Crippen LogP contribution < -0.4 is 66.2 Å². The van der Waals surface area contributed by atoms with Crippen LogP contribution in [0.2, 0.25) is 10.0 Å². The van der Waals surface area contributed by atoms with Gasteiger partial charge in [0.15, 0.2) is 35.1 Å². The van der Waals surface area contributed by atoms with Crippen LogP contribution in [0.1, 0.15) is 147 Å². The zero-order valence-electron chi connectivity index (χ0n) is 67.0. The second-order valence-electron chi connectivity index (χ2n) is 31.2. The maximum Gasteiger partial charge on any atom is 0.335 e. The number of aliphatic carboxylic acids is 2. The van der Waals surface area contributed by atoms with Gasteiger partial charge in [-0.2, -0.15) is 0 Å². The smallest absolute Gasteiger partial charge is 0.335 e. The molecular formula is C85H90Cl2N8O30. The average Bonchev–Trinajstić information content (AvgIpc) is 0.759. The molecule has 2 unspecified atom stereocenters. The number of carboxylic acid groups (broad SMARTS) is 2. The summed E-state index contributed by atoms with van der Waals surface area (Å²) in [6, 6.07) is 4.24. The van der Waals surface area contributed by atoms with Gasteiger partial charge < -0.3 is 142 Å². The summed E-state index contributed by atoms with van der Waals surface area (Å²) in [5, 5.41) is 158. The summed E-state index contributed by atoms with van der Waals surface area (Å²) >= 11 is 14.2. The van der Waals surface area contributed by atoms with E-state index in [1.807, 2.05) is 0 Å². The molecule has 2 saturated heterocycles. The number of aliphatic hydroxyl groups excluding tert-OH is 6. The molecule has 8 aliphatic rings. The third-order valence-electron chi connectivity index (χ3n) is 21.9. The lowest BCUT2D eigenvalue weighted by molar-refractivity contribution is -0.278. The predicted octanol–water partition coefficient (Wildman–Crippen LogP) is 4.76. The molecule has 125 heavy (non-hydrogen) atoms. The van der Waals surface area contributed by atoms with Crippen LogP contribution in [-0.4, -0.2) is 208 Å². The van der Waals surface area contributed by atoms with E-state index in [4.69, 9.17) is 61.1 Å². The number of ether oxygens (including phenoxy) is 8. The Morgan fingerprint density at radius 3 is 1.86 bits per heavy atom. The molecule has 17 bridgehead atoms. The van der Waals surface area contributed by atoms with Gasteiger partial charge in [-0.25, -0.2) is 9.59 Å². The Hall–Kier alpha value is -12.3. The van der Waals surface area contributed by atoms with Crippen LogP contribution in [0.25, 0.3) is 11.1 Å². The average molecular weight is 1770 g/mol. The van der Waals surface area contributed by atoms with Crippen molar-refractivity contribution in [3.05, 3.63) is 164 Å². The monoisotopic (exact) mass is 1770 g/mol. The first-order valence-electron chi connectivity index (χ1n) is 39.8. The van der Waals surface area contributed by atoms with Crippen LogP contribution in [-0.2, 0) is 68.6 Å². The van der Waals surface area contributed by atoms with Crippen LogP contribution in [0.5, 0.6) is 69.0 Å². The van der Waals surface area contributed by atoms with Gasteiger partial charge in [0.05, 0.1) is 10.0 Å². The summed E-state index contributed by atoms with van der Waals surface area (Å²) in [4.78, 5) is 148. The molecule has 0 radical (unpaired) electrons. The van der Waals surface area contributed by atoms with Crippen LogP contribution in [0.15, 0.2) is 115 Å². The number of phenols is 4. The number of carboxylic acids is 2. The quantitative estimate of drug-likeness (QED) is 0.0383. The SMILES string of the molecule is CN[C@@H]1C(=O)N[C@@H]2Cc3ccc(cc3)Oc3cc4cc(c3O[C@@H]3O[C@@H](C(=O)O)[C@@H](O)[C@@H](O)[C@@H]3NC(=O)CCCCCCCCC(C)C)Oc3ccc(cc3Cl)[C@@H](O)C3NC(=O)[C@H](NC(=O)[C@H]4NC(=O)[C@H](NC2=O)c2cc(cc(O)c2Cl)Oc2cc1ccc2O)c1ccc(O)c(c1)-c1c(O[C@H]2O[C@@H](COC(C)=O)[C@H](O)[C@H](O)[C@@H]2O)cc(O)cc1C(C(=O)O)NC3=O. The minimum absolute atomic E-state index is 0.157. The molecule has 7 aromatic carbocycles. The second kappa shape index (κ2) is 38.4. The fraction of sp³-hybridized carbons (Fsp3) is 0.388. The molecule has 20 N–H and O–H groups in total. The normalized spacial score (nSPS) is 26.1. The molecule has 2 fully saturated rings. The van der Waals surface area contributed by atoms with E-state index in [1.165, 1.54) is 49.5 Å². The lowest BCUT2D eigenvalue weighted by atomic mass is 9.89. The van der Waals surface area contributed by atoms with E-state index in [9.17, 15) is 85.3 Å². The third-order valence-corrected chi connectivity index (χ3v) is 22.6. The predicted molar refractivity (Wildman–Crippen MR) is 433 cm³/mol. The van der Waals surface area contributed by atoms with Gasteiger partial charge >= 0.3 is 17.9 Å². The molecule has 0 aliphatic carbocycles. The Morgan fingerprint density at radius 1 is 0.536 bits per heavy atom. The Balaban J connectivity index is 1.03. The van der Waals surface area contributed by atoms with Crippen molar-refractivity contribution in [2.45, 2.75) is 188 Å². The van der Waals surface area contributed by atoms with Gasteiger partial charge in [0, 0.05) is 54.2 Å². The number of phenolic OH excluding ortho intramolecular Hbond substituents is 4. The first-order chi connectivity index (χ1) is 59.5. The molecule has 7 amide bonds. The van der Waals surface area contributed by atoms with Crippen molar-refractivity contribution in [2.75, 3.05) is 13.7 Å². The number of amides is 7. The zero-order valence-corrected chi connectivity index (χ0v) is 68.5. The summed E-state index contributed by atoms with van der Waals surface area (Å²) in [7, 11) is 1.42. The zero-order chi connectivity index (χ0) is 89.8. The van der Waals surface area contributed by atoms with E-state index in [-0.39, 0.29) is 40.4 Å². The highest BCUT2D eigenvalue weighted by molar-refractivity contribution is 6.33. The summed E-state index contributed by atoms with van der Waals surface area (Å²) in [5.74, 6) is -20.1. The van der Waals surface area contributed by atoms with Crippen molar-refractivity contribution in [1.29, 1.82) is 0 Å². The number of carbonyl (C=O) groups excluding carboxylic acids is 8. The Bertz CT molecular complexity index is 5330. The van der Waals surface area contributed by atoms with Crippen LogP contribution >= 0.6 is 23.2 Å². The van der Waals surface area contributed by atoms with E-state index in [2.05, 4.69) is 56.4 Å². The number of esters is 1. The Morgan fingerprint density at radius 2 is 1.18 bits per heavy atom. The van der Waals surface area contributed by atoms with Gasteiger partial charge in [-0.3, -0.25) is 38.4 Å². The molecule has 0 saturated carbocycles. The van der Waals surface area contributed by atoms with Gasteiger partial charge in [0.25, 0.3) is 0 Å². The van der Waals surface area contributed by atoms with E-state index in [1.54, 1.807) is 0 Å². The molecule has 8 aliphatic heterocycles. The van der Waals surface area contributed by atoms with Gasteiger partial charge in [0.2, 0.25) is 59.7 Å². The molecule has 38 nitrogen and oxygen atoms in total. The molecular weight excluding hydrogens is 1680 g/mol. The maximum absolute atomic E-state index is 16.7. The molecule has 8 heterocycles. The third kappa shape index (κ3) is 20.1. The lowest BCUT2D eigenvalue weighted by Gasteiger charge is -2.41. The minimum Gasteiger partial charge on any atom is -0.508 e. The second-order valence-corrected chi connectivity index (χ2v) is 32.0. The van der Waals surface area contributed by atoms with E-state index in [0.717, 1.165) is 112 Å². The van der Waals surface area contributed by atoms with E-state index in [0.29, 0.717) is 18.8 Å². The van der Waals surface area contributed by atoms with Gasteiger partial charge in [-0.1, -0.05) is 106 Å². The van der Waals surface area contributed by atoms with E-state index >= 15 is 24.0 Å². The molecule has 18 atom stereocenters. The number of aromatic hydroxyl groups is 4. The summed E-state index contributed by atoms with van der Waals surface area (Å²) in [6.45, 7) is 4.50. The van der Waals surface area contributed by atoms with Crippen LogP contribution in [0.4, 0.5) is 0 Å². The highest BCUT2D eigenvalue weighted by atomic mass is 35.5. The van der Waals surface area contributed by atoms with Crippen LogP contribution in [0, 0.1) is 5.92 Å². The number of carbonyl (C=O) groups is 10. The van der Waals surface area contributed by atoms with Crippen molar-refractivity contribution in [1.82, 2.24) is 42.5 Å². The van der Waals surface area contributed by atoms with Gasteiger partial charge in [-0.15, -0.1) is 0 Å². The fourth-order valence-corrected chi connectivity index (χ4v) is 15.8.